The lowest BCUT2D eigenvalue weighted by molar-refractivity contribution is 0.670. The first kappa shape index (κ1) is 33.3. The van der Waals surface area contributed by atoms with E-state index in [4.69, 9.17) is 4.42 Å². The minimum atomic E-state index is 0.898. The standard InChI is InChI=1S/C56H36N2O/c1-3-14-37(15-4-1)38-26-29-43(30-27-38)57(45-31-32-49-48-24-11-12-25-51(48)58(52(49)36-45)42-19-5-2-6-20-42)44-21-13-18-40(34-44)50-35-41-17-8-10-23-47(41)55-54-46-22-9-7-16-39(46)28-33-53(54)59-56(50)55/h1-36H. The molecule has 0 aliphatic heterocycles. The summed E-state index contributed by atoms with van der Waals surface area (Å²) in [7, 11) is 0. The van der Waals surface area contributed by atoms with E-state index in [1.54, 1.807) is 0 Å². The fourth-order valence-electron chi connectivity index (χ4n) is 9.25. The van der Waals surface area contributed by atoms with Gasteiger partial charge in [-0.15, -0.1) is 0 Å². The monoisotopic (exact) mass is 752 g/mol. The van der Waals surface area contributed by atoms with E-state index < -0.39 is 0 Å². The smallest absolute Gasteiger partial charge is 0.143 e. The minimum absolute atomic E-state index is 0.898. The van der Waals surface area contributed by atoms with Gasteiger partial charge in [-0.1, -0.05) is 152 Å². The molecule has 0 unspecified atom stereocenters. The predicted octanol–water partition coefficient (Wildman–Crippen LogP) is 15.8. The maximum absolute atomic E-state index is 6.89. The summed E-state index contributed by atoms with van der Waals surface area (Å²) in [4.78, 5) is 2.38. The molecule has 0 atom stereocenters. The van der Waals surface area contributed by atoms with E-state index >= 15 is 0 Å². The molecule has 0 bridgehead atoms. The molecule has 0 saturated carbocycles. The van der Waals surface area contributed by atoms with Gasteiger partial charge in [-0.05, 0) is 105 Å². The summed E-state index contributed by atoms with van der Waals surface area (Å²) in [6, 6.07) is 78.6. The second-order valence-corrected chi connectivity index (χ2v) is 15.3. The molecule has 12 rings (SSSR count). The van der Waals surface area contributed by atoms with E-state index in [9.17, 15) is 0 Å². The van der Waals surface area contributed by atoms with Gasteiger partial charge in [0, 0.05) is 49.9 Å². The van der Waals surface area contributed by atoms with Crippen LogP contribution in [0.2, 0.25) is 0 Å². The predicted molar refractivity (Wildman–Crippen MR) is 249 cm³/mol. The Morgan fingerprint density at radius 3 is 1.78 bits per heavy atom. The molecular formula is C56H36N2O. The molecule has 3 heteroatoms. The van der Waals surface area contributed by atoms with E-state index in [-0.39, 0.29) is 0 Å². The summed E-state index contributed by atoms with van der Waals surface area (Å²) in [5.74, 6) is 0. The van der Waals surface area contributed by atoms with Gasteiger partial charge in [-0.2, -0.15) is 0 Å². The van der Waals surface area contributed by atoms with Gasteiger partial charge in [-0.25, -0.2) is 0 Å². The van der Waals surface area contributed by atoms with E-state index in [2.05, 4.69) is 228 Å². The van der Waals surface area contributed by atoms with Crippen molar-refractivity contribution < 1.29 is 4.42 Å². The third-order valence-electron chi connectivity index (χ3n) is 11.9. The van der Waals surface area contributed by atoms with Crippen LogP contribution in [0.25, 0.3) is 93.2 Å². The summed E-state index contributed by atoms with van der Waals surface area (Å²) in [5.41, 5.74) is 13.0. The number of para-hydroxylation sites is 2. The van der Waals surface area contributed by atoms with Crippen molar-refractivity contribution in [2.45, 2.75) is 0 Å². The molecule has 0 amide bonds. The maximum Gasteiger partial charge on any atom is 0.143 e. The minimum Gasteiger partial charge on any atom is -0.455 e. The van der Waals surface area contributed by atoms with Crippen LogP contribution in [-0.4, -0.2) is 4.57 Å². The highest BCUT2D eigenvalue weighted by atomic mass is 16.3. The first-order valence-electron chi connectivity index (χ1n) is 20.2. The third-order valence-corrected chi connectivity index (χ3v) is 11.9. The number of hydrogen-bond donors (Lipinski definition) is 0. The molecule has 0 N–H and O–H groups in total. The number of fused-ring (bicyclic) bond motifs is 10. The van der Waals surface area contributed by atoms with Gasteiger partial charge in [0.25, 0.3) is 0 Å². The topological polar surface area (TPSA) is 21.3 Å². The van der Waals surface area contributed by atoms with Crippen molar-refractivity contribution in [3.8, 4) is 27.9 Å². The Balaban J connectivity index is 1.09. The highest BCUT2D eigenvalue weighted by Gasteiger charge is 2.21. The van der Waals surface area contributed by atoms with Crippen molar-refractivity contribution in [3.63, 3.8) is 0 Å². The molecule has 0 aliphatic rings. The molecule has 12 aromatic rings. The zero-order chi connectivity index (χ0) is 38.9. The zero-order valence-electron chi connectivity index (χ0n) is 32.1. The number of anilines is 3. The molecule has 276 valence electrons. The number of benzene rings is 10. The van der Waals surface area contributed by atoms with Crippen molar-refractivity contribution >= 4 is 82.4 Å². The number of hydrogen-bond acceptors (Lipinski definition) is 2. The Bertz CT molecular complexity index is 3540. The molecule has 0 radical (unpaired) electrons. The highest BCUT2D eigenvalue weighted by Crippen LogP contribution is 2.46. The summed E-state index contributed by atoms with van der Waals surface area (Å²) < 4.78 is 9.28. The largest absolute Gasteiger partial charge is 0.455 e. The quantitative estimate of drug-likeness (QED) is 0.169. The Kier molecular flexibility index (Phi) is 7.54. The van der Waals surface area contributed by atoms with Crippen LogP contribution in [0.3, 0.4) is 0 Å². The molecule has 2 heterocycles. The van der Waals surface area contributed by atoms with Gasteiger partial charge in [0.15, 0.2) is 0 Å². The van der Waals surface area contributed by atoms with Gasteiger partial charge in [-0.3, -0.25) is 0 Å². The van der Waals surface area contributed by atoms with Gasteiger partial charge >= 0.3 is 0 Å². The second-order valence-electron chi connectivity index (χ2n) is 15.3. The Labute approximate surface area is 341 Å². The number of furan rings is 1. The van der Waals surface area contributed by atoms with Crippen LogP contribution in [0.5, 0.6) is 0 Å². The summed E-state index contributed by atoms with van der Waals surface area (Å²) in [6.07, 6.45) is 0. The summed E-state index contributed by atoms with van der Waals surface area (Å²) in [5, 5.41) is 9.56. The Morgan fingerprint density at radius 2 is 0.966 bits per heavy atom. The summed E-state index contributed by atoms with van der Waals surface area (Å²) >= 11 is 0. The number of aromatic nitrogens is 1. The van der Waals surface area contributed by atoms with Crippen LogP contribution in [0.4, 0.5) is 17.1 Å². The fraction of sp³-hybridized carbons (Fsp3) is 0. The first-order valence-corrected chi connectivity index (χ1v) is 20.2. The van der Waals surface area contributed by atoms with Crippen molar-refractivity contribution in [2.75, 3.05) is 4.90 Å². The third kappa shape index (κ3) is 5.36. The first-order chi connectivity index (χ1) is 29.3. The average Bonchev–Trinajstić information content (AvgIpc) is 3.87. The van der Waals surface area contributed by atoms with Crippen LogP contribution in [0, 0.1) is 0 Å². The molecule has 0 spiro atoms. The van der Waals surface area contributed by atoms with Crippen LogP contribution >= 0.6 is 0 Å². The van der Waals surface area contributed by atoms with Crippen LogP contribution < -0.4 is 4.90 Å². The molecule has 3 nitrogen and oxygen atoms in total. The van der Waals surface area contributed by atoms with Crippen LogP contribution in [0.15, 0.2) is 223 Å². The van der Waals surface area contributed by atoms with Crippen molar-refractivity contribution in [1.82, 2.24) is 4.57 Å². The lowest BCUT2D eigenvalue weighted by Gasteiger charge is -2.26. The van der Waals surface area contributed by atoms with Crippen molar-refractivity contribution in [2.24, 2.45) is 0 Å². The SMILES string of the molecule is c1ccc(-c2ccc(N(c3cccc(-c4cc5ccccc5c5c4oc4ccc6ccccc6c45)c3)c3ccc4c5ccccc5n(-c5ccccc5)c4c3)cc2)cc1. The number of rotatable bonds is 6. The normalized spacial score (nSPS) is 11.7. The van der Waals surface area contributed by atoms with E-state index in [0.717, 1.165) is 61.3 Å². The highest BCUT2D eigenvalue weighted by molar-refractivity contribution is 6.28. The average molecular weight is 753 g/mol. The number of nitrogens with zero attached hydrogens (tertiary/aromatic N) is 2. The molecular weight excluding hydrogens is 717 g/mol. The van der Waals surface area contributed by atoms with Gasteiger partial charge in [0.1, 0.15) is 11.2 Å². The maximum atomic E-state index is 6.89. The van der Waals surface area contributed by atoms with Crippen LogP contribution in [0.1, 0.15) is 0 Å². The van der Waals surface area contributed by atoms with E-state index in [1.165, 1.54) is 49.0 Å². The second kappa shape index (κ2) is 13.4. The van der Waals surface area contributed by atoms with Gasteiger partial charge in [0.2, 0.25) is 0 Å². The zero-order valence-corrected chi connectivity index (χ0v) is 32.1. The van der Waals surface area contributed by atoms with E-state index in [1.807, 2.05) is 0 Å². The Morgan fingerprint density at radius 1 is 0.356 bits per heavy atom. The Hall–Kier alpha value is -7.88. The van der Waals surface area contributed by atoms with E-state index in [0.29, 0.717) is 0 Å². The van der Waals surface area contributed by atoms with Gasteiger partial charge < -0.3 is 13.9 Å². The van der Waals surface area contributed by atoms with Crippen LogP contribution in [-0.2, 0) is 0 Å². The molecule has 0 aliphatic carbocycles. The molecule has 2 aromatic heterocycles. The lowest BCUT2D eigenvalue weighted by Crippen LogP contribution is -2.10. The molecule has 59 heavy (non-hydrogen) atoms. The molecule has 0 fully saturated rings. The molecule has 10 aromatic carbocycles. The fourth-order valence-corrected chi connectivity index (χ4v) is 9.25. The summed E-state index contributed by atoms with van der Waals surface area (Å²) in [6.45, 7) is 0. The van der Waals surface area contributed by atoms with Crippen molar-refractivity contribution in [3.05, 3.63) is 218 Å². The van der Waals surface area contributed by atoms with Gasteiger partial charge in [0.05, 0.1) is 11.0 Å². The van der Waals surface area contributed by atoms with Crippen molar-refractivity contribution in [1.29, 1.82) is 0 Å². The lowest BCUT2D eigenvalue weighted by atomic mass is 9.94. The molecule has 0 saturated heterocycles.